The molecular weight excluding hydrogens is 556 g/mol. The SMILES string of the molecule is CCCCOC(=O)c1ccccc1C1=c2cc3c(cc2Oc2cc4c(cc21)C(C)CC(C)(C)N4CC)=[N+](CC)C(C)(C)C=C3C. The third kappa shape index (κ3) is 5.18. The van der Waals surface area contributed by atoms with Gasteiger partial charge in [0.15, 0.2) is 5.54 Å². The third-order valence-electron chi connectivity index (χ3n) is 10.1. The van der Waals surface area contributed by atoms with Gasteiger partial charge in [-0.1, -0.05) is 38.5 Å². The summed E-state index contributed by atoms with van der Waals surface area (Å²) in [5, 5.41) is 2.19. The van der Waals surface area contributed by atoms with Crippen LogP contribution in [0.4, 0.5) is 5.69 Å². The second-order valence-corrected chi connectivity index (χ2v) is 14.2. The van der Waals surface area contributed by atoms with Gasteiger partial charge in [0, 0.05) is 59.6 Å². The van der Waals surface area contributed by atoms with Crippen molar-refractivity contribution in [1.29, 1.82) is 0 Å². The maximum atomic E-state index is 13.6. The van der Waals surface area contributed by atoms with E-state index in [1.54, 1.807) is 0 Å². The molecule has 3 aromatic rings. The molecule has 1 unspecified atom stereocenters. The van der Waals surface area contributed by atoms with Crippen molar-refractivity contribution in [3.05, 3.63) is 93.0 Å². The summed E-state index contributed by atoms with van der Waals surface area (Å²) < 4.78 is 15.2. The number of carbonyl (C=O) groups is 1. The number of anilines is 1. The zero-order valence-electron chi connectivity index (χ0n) is 28.6. The number of fused-ring (bicyclic) bond motifs is 4. The number of nitrogens with zero attached hydrogens (tertiary/aromatic N) is 2. The molecule has 45 heavy (non-hydrogen) atoms. The first-order valence-electron chi connectivity index (χ1n) is 16.8. The quantitative estimate of drug-likeness (QED) is 0.122. The van der Waals surface area contributed by atoms with Crippen LogP contribution in [-0.4, -0.2) is 36.7 Å². The van der Waals surface area contributed by atoms with Gasteiger partial charge in [0.05, 0.1) is 18.2 Å². The monoisotopic (exact) mass is 605 g/mol. The lowest BCUT2D eigenvalue weighted by molar-refractivity contribution is 0.0499. The van der Waals surface area contributed by atoms with Crippen LogP contribution < -0.4 is 24.8 Å². The van der Waals surface area contributed by atoms with Gasteiger partial charge in [-0.05, 0) is 94.4 Å². The molecule has 236 valence electrons. The van der Waals surface area contributed by atoms with Gasteiger partial charge in [-0.15, -0.1) is 0 Å². The number of hydrogen-bond donors (Lipinski definition) is 0. The Morgan fingerprint density at radius 3 is 2.47 bits per heavy atom. The average Bonchev–Trinajstić information content (AvgIpc) is 2.98. The molecule has 0 fully saturated rings. The number of carbonyl (C=O) groups excluding carboxylic acids is 1. The number of allylic oxidation sites excluding steroid dienone is 1. The van der Waals surface area contributed by atoms with Crippen LogP contribution in [0.2, 0.25) is 0 Å². The van der Waals surface area contributed by atoms with Crippen LogP contribution in [0.5, 0.6) is 11.5 Å². The Labute approximate surface area is 268 Å². The highest BCUT2D eigenvalue weighted by Crippen LogP contribution is 2.49. The van der Waals surface area contributed by atoms with E-state index in [1.807, 2.05) is 18.2 Å². The van der Waals surface area contributed by atoms with Gasteiger partial charge in [-0.25, -0.2) is 9.37 Å². The van der Waals surface area contributed by atoms with Gasteiger partial charge >= 0.3 is 5.97 Å². The van der Waals surface area contributed by atoms with Crippen molar-refractivity contribution in [2.45, 2.75) is 98.6 Å². The number of benzene rings is 3. The van der Waals surface area contributed by atoms with Crippen LogP contribution in [0, 0.1) is 0 Å². The zero-order chi connectivity index (χ0) is 32.3. The molecule has 0 radical (unpaired) electrons. The summed E-state index contributed by atoms with van der Waals surface area (Å²) in [7, 11) is 0. The van der Waals surface area contributed by atoms with Crippen molar-refractivity contribution < 1.29 is 14.3 Å². The van der Waals surface area contributed by atoms with Crippen LogP contribution >= 0.6 is 0 Å². The van der Waals surface area contributed by atoms with Gasteiger partial charge < -0.3 is 14.4 Å². The number of ether oxygens (including phenoxy) is 2. The summed E-state index contributed by atoms with van der Waals surface area (Å²) in [6, 6.07) is 17.0. The molecule has 3 aromatic carbocycles. The summed E-state index contributed by atoms with van der Waals surface area (Å²) >= 11 is 0. The maximum Gasteiger partial charge on any atom is 0.338 e. The highest BCUT2D eigenvalue weighted by atomic mass is 16.5. The van der Waals surface area contributed by atoms with Crippen LogP contribution in [0.15, 0.2) is 54.6 Å². The third-order valence-corrected chi connectivity index (χ3v) is 10.1. The smallest absolute Gasteiger partial charge is 0.338 e. The van der Waals surface area contributed by atoms with Crippen LogP contribution in [0.3, 0.4) is 0 Å². The van der Waals surface area contributed by atoms with Crippen molar-refractivity contribution in [3.63, 3.8) is 0 Å². The summed E-state index contributed by atoms with van der Waals surface area (Å²) in [6.45, 7) is 22.5. The number of likely N-dealkylation sites (N-methyl/N-ethyl adjacent to an activating group) is 1. The first kappa shape index (κ1) is 31.1. The lowest BCUT2D eigenvalue weighted by Crippen LogP contribution is -2.49. The topological polar surface area (TPSA) is 41.8 Å². The Morgan fingerprint density at radius 2 is 1.76 bits per heavy atom. The molecule has 3 heterocycles. The molecular formula is C40H49N2O3+. The molecule has 0 N–H and O–H groups in total. The first-order valence-corrected chi connectivity index (χ1v) is 16.8. The standard InChI is InChI=1S/C40H49N2O3/c1-10-13-18-44-38(43)28-17-15-14-16-27(28)37-31-19-29-25(4)23-39(6,7)41(11-2)33(29)21-35(31)45-36-22-34-30(20-32(36)37)26(5)24-40(8,9)42(34)12-3/h14-17,19-23,26H,10-13,18,24H2,1-9H3/q+1. The lowest BCUT2D eigenvalue weighted by atomic mass is 9.78. The highest BCUT2D eigenvalue weighted by molar-refractivity contribution is 5.99. The molecule has 0 spiro atoms. The Hall–Kier alpha value is -3.86. The van der Waals surface area contributed by atoms with Crippen LogP contribution in [0.1, 0.15) is 120 Å². The van der Waals surface area contributed by atoms with Gasteiger partial charge in [-0.2, -0.15) is 0 Å². The molecule has 0 bridgehead atoms. The van der Waals surface area contributed by atoms with E-state index in [2.05, 4.69) is 108 Å². The first-order chi connectivity index (χ1) is 21.4. The minimum atomic E-state index is -0.278. The molecule has 0 saturated carbocycles. The van der Waals surface area contributed by atoms with Crippen molar-refractivity contribution in [3.8, 4) is 11.5 Å². The van der Waals surface area contributed by atoms with E-state index in [0.717, 1.165) is 65.8 Å². The molecule has 0 amide bonds. The molecule has 5 heteroatoms. The van der Waals surface area contributed by atoms with Gasteiger partial charge in [0.1, 0.15) is 18.0 Å². The summed E-state index contributed by atoms with van der Waals surface area (Å²) in [4.78, 5) is 16.1. The number of hydrogen-bond acceptors (Lipinski definition) is 4. The fraction of sp³-hybridized carbons (Fsp3) is 0.450. The molecule has 0 aliphatic carbocycles. The molecule has 6 rings (SSSR count). The largest absolute Gasteiger partial charge is 0.462 e. The Morgan fingerprint density at radius 1 is 1.00 bits per heavy atom. The van der Waals surface area contributed by atoms with Crippen molar-refractivity contribution in [2.75, 3.05) is 24.6 Å². The van der Waals surface area contributed by atoms with Crippen molar-refractivity contribution >= 4 is 22.8 Å². The predicted molar refractivity (Wildman–Crippen MR) is 185 cm³/mol. The van der Waals surface area contributed by atoms with E-state index in [-0.39, 0.29) is 17.0 Å². The number of unbranched alkanes of at least 4 members (excludes halogenated alkanes) is 1. The highest BCUT2D eigenvalue weighted by Gasteiger charge is 2.38. The van der Waals surface area contributed by atoms with Gasteiger partial charge in [0.2, 0.25) is 5.36 Å². The fourth-order valence-corrected chi connectivity index (χ4v) is 8.17. The molecule has 3 aliphatic heterocycles. The second-order valence-electron chi connectivity index (χ2n) is 14.2. The van der Waals surface area contributed by atoms with E-state index in [9.17, 15) is 4.79 Å². The zero-order valence-corrected chi connectivity index (χ0v) is 28.6. The number of esters is 1. The van der Waals surface area contributed by atoms with E-state index >= 15 is 0 Å². The minimum absolute atomic E-state index is 0.0412. The minimum Gasteiger partial charge on any atom is -0.462 e. The number of rotatable bonds is 7. The van der Waals surface area contributed by atoms with E-state index in [1.165, 1.54) is 27.7 Å². The second kappa shape index (κ2) is 11.5. The lowest BCUT2D eigenvalue weighted by Gasteiger charge is -2.47. The molecule has 5 nitrogen and oxygen atoms in total. The average molecular weight is 606 g/mol. The molecule has 1 atom stereocenters. The summed E-state index contributed by atoms with van der Waals surface area (Å²) in [5.74, 6) is 1.76. The van der Waals surface area contributed by atoms with Crippen molar-refractivity contribution in [1.82, 2.24) is 4.58 Å². The predicted octanol–water partition coefficient (Wildman–Crippen LogP) is 7.82. The maximum absolute atomic E-state index is 13.6. The van der Waals surface area contributed by atoms with Gasteiger partial charge in [-0.3, -0.25) is 0 Å². The van der Waals surface area contributed by atoms with E-state index in [4.69, 9.17) is 9.47 Å². The van der Waals surface area contributed by atoms with Crippen LogP contribution in [-0.2, 0) is 4.74 Å². The molecule has 3 aliphatic rings. The summed E-state index contributed by atoms with van der Waals surface area (Å²) in [5.41, 5.74) is 8.47. The molecule has 0 aromatic heterocycles. The van der Waals surface area contributed by atoms with E-state index in [0.29, 0.717) is 18.1 Å². The molecule has 0 saturated heterocycles. The Bertz CT molecular complexity index is 1850. The Balaban J connectivity index is 1.70. The van der Waals surface area contributed by atoms with Crippen molar-refractivity contribution in [2.24, 2.45) is 0 Å². The van der Waals surface area contributed by atoms with Gasteiger partial charge in [0.25, 0.3) is 0 Å². The Kier molecular flexibility index (Phi) is 7.95. The summed E-state index contributed by atoms with van der Waals surface area (Å²) in [6.07, 6.45) is 5.25. The van der Waals surface area contributed by atoms with Crippen LogP contribution in [0.25, 0.3) is 11.1 Å². The van der Waals surface area contributed by atoms with E-state index < -0.39 is 0 Å². The fourth-order valence-electron chi connectivity index (χ4n) is 8.17. The normalized spacial score (nSPS) is 19.1.